The van der Waals surface area contributed by atoms with Crippen LogP contribution < -0.4 is 10.6 Å². The summed E-state index contributed by atoms with van der Waals surface area (Å²) in [7, 11) is 0. The molecular formula is C33H36N2O4. The Morgan fingerprint density at radius 3 is 2.10 bits per heavy atom. The van der Waals surface area contributed by atoms with Crippen molar-refractivity contribution in [3.8, 4) is 0 Å². The van der Waals surface area contributed by atoms with Gasteiger partial charge in [-0.25, -0.2) is 0 Å². The molecule has 1 aliphatic rings. The SMILES string of the molecule is O=C(/C=C/c1ccccc1)N[C@@H](c1ccccc1)[C@@H](OC(=O)CCc1ccccc1)C(=O)NC1CCCCC1. The summed E-state index contributed by atoms with van der Waals surface area (Å²) in [6, 6.07) is 27.5. The minimum atomic E-state index is -1.22. The van der Waals surface area contributed by atoms with Crippen LogP contribution in [0.1, 0.15) is 61.3 Å². The van der Waals surface area contributed by atoms with Crippen LogP contribution in [0, 0.1) is 0 Å². The lowest BCUT2D eigenvalue weighted by molar-refractivity contribution is -0.158. The molecule has 39 heavy (non-hydrogen) atoms. The van der Waals surface area contributed by atoms with Crippen LogP contribution in [0.15, 0.2) is 97.1 Å². The third kappa shape index (κ3) is 8.95. The molecule has 6 heteroatoms. The Morgan fingerprint density at radius 1 is 0.821 bits per heavy atom. The van der Waals surface area contributed by atoms with Crippen molar-refractivity contribution >= 4 is 23.9 Å². The van der Waals surface area contributed by atoms with E-state index in [-0.39, 0.29) is 18.4 Å². The molecule has 4 rings (SSSR count). The molecule has 2 atom stereocenters. The maximum atomic E-state index is 13.6. The number of esters is 1. The molecule has 0 saturated heterocycles. The monoisotopic (exact) mass is 524 g/mol. The number of benzene rings is 3. The molecule has 0 heterocycles. The molecule has 202 valence electrons. The second kappa shape index (κ2) is 14.7. The first-order chi connectivity index (χ1) is 19.1. The highest BCUT2D eigenvalue weighted by molar-refractivity contribution is 5.93. The summed E-state index contributed by atoms with van der Waals surface area (Å²) < 4.78 is 5.87. The van der Waals surface area contributed by atoms with Crippen LogP contribution in [0.25, 0.3) is 6.08 Å². The van der Waals surface area contributed by atoms with E-state index in [2.05, 4.69) is 10.6 Å². The number of amides is 2. The number of nitrogens with one attached hydrogen (secondary N) is 2. The highest BCUT2D eigenvalue weighted by Gasteiger charge is 2.35. The zero-order chi connectivity index (χ0) is 27.3. The van der Waals surface area contributed by atoms with Crippen molar-refractivity contribution in [3.05, 3.63) is 114 Å². The Hall–Kier alpha value is -4.19. The van der Waals surface area contributed by atoms with Crippen molar-refractivity contribution in [1.82, 2.24) is 10.6 Å². The van der Waals surface area contributed by atoms with Gasteiger partial charge in [0.05, 0.1) is 0 Å². The predicted octanol–water partition coefficient (Wildman–Crippen LogP) is 5.55. The lowest BCUT2D eigenvalue weighted by Gasteiger charge is -2.30. The van der Waals surface area contributed by atoms with E-state index in [1.807, 2.05) is 91.0 Å². The number of ether oxygens (including phenoxy) is 1. The predicted molar refractivity (Wildman–Crippen MR) is 152 cm³/mol. The molecule has 0 aliphatic heterocycles. The average molecular weight is 525 g/mol. The third-order valence-electron chi connectivity index (χ3n) is 6.91. The summed E-state index contributed by atoms with van der Waals surface area (Å²) in [5.74, 6) is -1.27. The molecule has 0 bridgehead atoms. The normalized spacial score (nSPS) is 15.3. The molecule has 2 amide bonds. The molecule has 3 aromatic rings. The fourth-order valence-electron chi connectivity index (χ4n) is 4.83. The Bertz CT molecular complexity index is 1220. The van der Waals surface area contributed by atoms with Gasteiger partial charge >= 0.3 is 5.97 Å². The molecule has 1 fully saturated rings. The zero-order valence-corrected chi connectivity index (χ0v) is 22.1. The largest absolute Gasteiger partial charge is 0.450 e. The summed E-state index contributed by atoms with van der Waals surface area (Å²) in [4.78, 5) is 39.7. The number of rotatable bonds is 11. The second-order valence-electron chi connectivity index (χ2n) is 9.88. The molecule has 3 aromatic carbocycles. The van der Waals surface area contributed by atoms with Gasteiger partial charge in [-0.05, 0) is 42.0 Å². The summed E-state index contributed by atoms with van der Waals surface area (Å²) in [6.07, 6.45) is 7.59. The quantitative estimate of drug-likeness (QED) is 0.254. The summed E-state index contributed by atoms with van der Waals surface area (Å²) in [6.45, 7) is 0. The first-order valence-electron chi connectivity index (χ1n) is 13.7. The molecule has 1 aliphatic carbocycles. The maximum Gasteiger partial charge on any atom is 0.306 e. The fraction of sp³-hybridized carbons (Fsp3) is 0.303. The van der Waals surface area contributed by atoms with Crippen molar-refractivity contribution in [2.75, 3.05) is 0 Å². The lowest BCUT2D eigenvalue weighted by Crippen LogP contribution is -2.50. The van der Waals surface area contributed by atoms with Gasteiger partial charge in [0.15, 0.2) is 0 Å². The number of carbonyl (C=O) groups excluding carboxylic acids is 3. The van der Waals surface area contributed by atoms with E-state index < -0.39 is 24.0 Å². The second-order valence-corrected chi connectivity index (χ2v) is 9.88. The van der Waals surface area contributed by atoms with Crippen molar-refractivity contribution in [1.29, 1.82) is 0 Å². The van der Waals surface area contributed by atoms with Crippen molar-refractivity contribution < 1.29 is 19.1 Å². The van der Waals surface area contributed by atoms with Crippen LogP contribution in [-0.4, -0.2) is 29.9 Å². The third-order valence-corrected chi connectivity index (χ3v) is 6.91. The van der Waals surface area contributed by atoms with Crippen LogP contribution in [0.4, 0.5) is 0 Å². The number of hydrogen-bond acceptors (Lipinski definition) is 4. The first kappa shape index (κ1) is 27.8. The summed E-state index contributed by atoms with van der Waals surface area (Å²) in [5.41, 5.74) is 2.57. The van der Waals surface area contributed by atoms with Gasteiger partial charge in [-0.2, -0.15) is 0 Å². The van der Waals surface area contributed by atoms with Crippen LogP contribution in [0.2, 0.25) is 0 Å². The Balaban J connectivity index is 1.55. The highest BCUT2D eigenvalue weighted by atomic mass is 16.5. The van der Waals surface area contributed by atoms with E-state index in [1.54, 1.807) is 6.08 Å². The van der Waals surface area contributed by atoms with Crippen LogP contribution >= 0.6 is 0 Å². The summed E-state index contributed by atoms with van der Waals surface area (Å²) >= 11 is 0. The number of aryl methyl sites for hydroxylation is 1. The topological polar surface area (TPSA) is 84.5 Å². The van der Waals surface area contributed by atoms with Gasteiger partial charge in [-0.15, -0.1) is 0 Å². The van der Waals surface area contributed by atoms with Crippen molar-refractivity contribution in [3.63, 3.8) is 0 Å². The van der Waals surface area contributed by atoms with Crippen molar-refractivity contribution in [2.45, 2.75) is 63.1 Å². The zero-order valence-electron chi connectivity index (χ0n) is 22.1. The Morgan fingerprint density at radius 2 is 1.44 bits per heavy atom. The van der Waals surface area contributed by atoms with Gasteiger partial charge in [-0.1, -0.05) is 110 Å². The van der Waals surface area contributed by atoms with Gasteiger partial charge in [0.25, 0.3) is 5.91 Å². The standard InChI is InChI=1S/C33H36N2O4/c36-29(23-21-25-13-5-1-6-14-25)35-31(27-17-9-3-10-18-27)32(33(38)34-28-19-11-4-12-20-28)39-30(37)24-22-26-15-7-2-8-16-26/h1-3,5-10,13-18,21,23,28,31-32H,4,11-12,19-20,22,24H2,(H,34,38)(H,35,36)/b23-21+/t31-,32+/m0/s1. The lowest BCUT2D eigenvalue weighted by atomic mass is 9.94. The van der Waals surface area contributed by atoms with E-state index in [9.17, 15) is 14.4 Å². The summed E-state index contributed by atoms with van der Waals surface area (Å²) in [5, 5.41) is 6.03. The smallest absolute Gasteiger partial charge is 0.306 e. The maximum absolute atomic E-state index is 13.6. The number of carbonyl (C=O) groups is 3. The van der Waals surface area contributed by atoms with E-state index in [1.165, 1.54) is 6.08 Å². The molecule has 1 saturated carbocycles. The van der Waals surface area contributed by atoms with Gasteiger partial charge < -0.3 is 15.4 Å². The Labute approximate surface area is 230 Å². The van der Waals surface area contributed by atoms with E-state index >= 15 is 0 Å². The van der Waals surface area contributed by atoms with E-state index in [4.69, 9.17) is 4.74 Å². The Kier molecular flexibility index (Phi) is 10.5. The van der Waals surface area contributed by atoms with Crippen LogP contribution in [0.3, 0.4) is 0 Å². The van der Waals surface area contributed by atoms with Crippen molar-refractivity contribution in [2.24, 2.45) is 0 Å². The molecular weight excluding hydrogens is 488 g/mol. The fourth-order valence-corrected chi connectivity index (χ4v) is 4.83. The first-order valence-corrected chi connectivity index (χ1v) is 13.7. The van der Waals surface area contributed by atoms with Crippen LogP contribution in [-0.2, 0) is 25.5 Å². The van der Waals surface area contributed by atoms with Gasteiger partial charge in [0, 0.05) is 18.5 Å². The molecule has 0 unspecified atom stereocenters. The molecule has 0 aromatic heterocycles. The number of hydrogen-bond donors (Lipinski definition) is 2. The van der Waals surface area contributed by atoms with Crippen LogP contribution in [0.5, 0.6) is 0 Å². The minimum absolute atomic E-state index is 0.0295. The minimum Gasteiger partial charge on any atom is -0.450 e. The highest BCUT2D eigenvalue weighted by Crippen LogP contribution is 2.23. The molecule has 0 spiro atoms. The van der Waals surface area contributed by atoms with Gasteiger partial charge in [0.2, 0.25) is 12.0 Å². The molecule has 6 nitrogen and oxygen atoms in total. The average Bonchev–Trinajstić information content (AvgIpc) is 2.99. The van der Waals surface area contributed by atoms with Gasteiger partial charge in [-0.3, -0.25) is 14.4 Å². The molecule has 0 radical (unpaired) electrons. The van der Waals surface area contributed by atoms with Gasteiger partial charge in [0.1, 0.15) is 6.04 Å². The molecule has 2 N–H and O–H groups in total. The van der Waals surface area contributed by atoms with E-state index in [0.717, 1.165) is 43.2 Å². The van der Waals surface area contributed by atoms with E-state index in [0.29, 0.717) is 12.0 Å².